The van der Waals surface area contributed by atoms with Crippen LogP contribution in [0.4, 0.5) is 0 Å². The maximum atomic E-state index is 5.34. The van der Waals surface area contributed by atoms with Crippen LogP contribution in [0.5, 0.6) is 0 Å². The summed E-state index contributed by atoms with van der Waals surface area (Å²) >= 11 is 1.60. The molecule has 104 valence electrons. The van der Waals surface area contributed by atoms with E-state index in [4.69, 9.17) is 4.42 Å². The number of nitrogens with one attached hydrogen (secondary N) is 1. The van der Waals surface area contributed by atoms with Crippen molar-refractivity contribution in [3.8, 4) is 10.8 Å². The van der Waals surface area contributed by atoms with Crippen molar-refractivity contribution in [2.45, 2.75) is 26.1 Å². The molecule has 0 bridgehead atoms. The van der Waals surface area contributed by atoms with Crippen molar-refractivity contribution in [1.82, 2.24) is 20.1 Å². The quantitative estimate of drug-likeness (QED) is 0.758. The lowest BCUT2D eigenvalue weighted by Crippen LogP contribution is -2.30. The van der Waals surface area contributed by atoms with Gasteiger partial charge in [-0.2, -0.15) is 5.10 Å². The van der Waals surface area contributed by atoms with Gasteiger partial charge in [-0.15, -0.1) is 11.3 Å². The highest BCUT2D eigenvalue weighted by Crippen LogP contribution is 2.23. The van der Waals surface area contributed by atoms with E-state index in [0.29, 0.717) is 6.04 Å². The van der Waals surface area contributed by atoms with Crippen LogP contribution in [0.2, 0.25) is 0 Å². The summed E-state index contributed by atoms with van der Waals surface area (Å²) in [4.78, 5) is 4.56. The average Bonchev–Trinajstić information content (AvgIpc) is 3.18. The zero-order valence-electron chi connectivity index (χ0n) is 11.2. The summed E-state index contributed by atoms with van der Waals surface area (Å²) in [5.41, 5.74) is 1.04. The molecule has 0 aliphatic carbocycles. The lowest BCUT2D eigenvalue weighted by atomic mass is 10.3. The van der Waals surface area contributed by atoms with Gasteiger partial charge in [-0.3, -0.25) is 4.68 Å². The Morgan fingerprint density at radius 1 is 1.45 bits per heavy atom. The number of hydrogen-bond acceptors (Lipinski definition) is 5. The van der Waals surface area contributed by atoms with Gasteiger partial charge in [0.05, 0.1) is 18.5 Å². The molecule has 3 heterocycles. The zero-order valence-corrected chi connectivity index (χ0v) is 12.0. The van der Waals surface area contributed by atoms with E-state index < -0.39 is 0 Å². The number of rotatable bonds is 6. The molecular formula is C14H16N4OS. The van der Waals surface area contributed by atoms with E-state index >= 15 is 0 Å². The first-order valence-corrected chi connectivity index (χ1v) is 7.38. The molecule has 0 unspecified atom stereocenters. The maximum absolute atomic E-state index is 5.34. The molecule has 0 aromatic carbocycles. The summed E-state index contributed by atoms with van der Waals surface area (Å²) in [5, 5.41) is 10.6. The van der Waals surface area contributed by atoms with Gasteiger partial charge in [0.15, 0.2) is 10.8 Å². The predicted molar refractivity (Wildman–Crippen MR) is 78.3 cm³/mol. The highest BCUT2D eigenvalue weighted by atomic mass is 32.1. The van der Waals surface area contributed by atoms with Gasteiger partial charge >= 0.3 is 0 Å². The van der Waals surface area contributed by atoms with Gasteiger partial charge in [-0.25, -0.2) is 4.98 Å². The molecule has 0 spiro atoms. The standard InChI is InChI=1S/C14H16N4OS/c1-11(9-18-6-3-5-16-18)15-8-12-10-20-14(17-12)13-4-2-7-19-13/h2-7,10-11,15H,8-9H2,1H3/t11-/m1/s1. The minimum absolute atomic E-state index is 0.337. The molecule has 20 heavy (non-hydrogen) atoms. The molecule has 0 aliphatic rings. The van der Waals surface area contributed by atoms with Crippen molar-refractivity contribution in [2.24, 2.45) is 0 Å². The van der Waals surface area contributed by atoms with Crippen LogP contribution in [-0.2, 0) is 13.1 Å². The Morgan fingerprint density at radius 3 is 3.15 bits per heavy atom. The Bertz CT molecular complexity index is 630. The lowest BCUT2D eigenvalue weighted by Gasteiger charge is -2.12. The Morgan fingerprint density at radius 2 is 2.40 bits per heavy atom. The molecule has 3 rings (SSSR count). The Kier molecular flexibility index (Phi) is 3.94. The zero-order chi connectivity index (χ0) is 13.8. The topological polar surface area (TPSA) is 55.9 Å². The van der Waals surface area contributed by atoms with Crippen molar-refractivity contribution in [3.05, 3.63) is 47.9 Å². The Labute approximate surface area is 121 Å². The van der Waals surface area contributed by atoms with Crippen LogP contribution in [0.1, 0.15) is 12.6 Å². The van der Waals surface area contributed by atoms with E-state index in [9.17, 15) is 0 Å². The molecule has 0 amide bonds. The van der Waals surface area contributed by atoms with Crippen LogP contribution in [0, 0.1) is 0 Å². The van der Waals surface area contributed by atoms with Crippen LogP contribution in [-0.4, -0.2) is 20.8 Å². The van der Waals surface area contributed by atoms with Crippen LogP contribution in [0.3, 0.4) is 0 Å². The van der Waals surface area contributed by atoms with E-state index in [0.717, 1.165) is 29.6 Å². The summed E-state index contributed by atoms with van der Waals surface area (Å²) < 4.78 is 7.27. The molecule has 0 aliphatic heterocycles. The van der Waals surface area contributed by atoms with Crippen LogP contribution in [0.15, 0.2) is 46.7 Å². The highest BCUT2D eigenvalue weighted by Gasteiger charge is 2.08. The first-order chi connectivity index (χ1) is 9.81. The molecule has 0 saturated heterocycles. The largest absolute Gasteiger partial charge is 0.462 e. The van der Waals surface area contributed by atoms with Gasteiger partial charge in [0.2, 0.25) is 0 Å². The summed E-state index contributed by atoms with van der Waals surface area (Å²) in [6.07, 6.45) is 5.43. The van der Waals surface area contributed by atoms with Crippen LogP contribution in [0.25, 0.3) is 10.8 Å². The number of hydrogen-bond donors (Lipinski definition) is 1. The Balaban J connectivity index is 1.53. The van der Waals surface area contributed by atoms with Gasteiger partial charge < -0.3 is 9.73 Å². The minimum Gasteiger partial charge on any atom is -0.462 e. The highest BCUT2D eigenvalue weighted by molar-refractivity contribution is 7.13. The number of furan rings is 1. The third-order valence-corrected chi connectivity index (χ3v) is 3.84. The maximum Gasteiger partial charge on any atom is 0.162 e. The molecule has 1 N–H and O–H groups in total. The van der Waals surface area contributed by atoms with Gasteiger partial charge in [-0.05, 0) is 25.1 Å². The van der Waals surface area contributed by atoms with Crippen LogP contribution < -0.4 is 5.32 Å². The fourth-order valence-corrected chi connectivity index (χ4v) is 2.72. The number of nitrogens with zero attached hydrogens (tertiary/aromatic N) is 3. The summed E-state index contributed by atoms with van der Waals surface area (Å²) in [5.74, 6) is 0.825. The van der Waals surface area contributed by atoms with Gasteiger partial charge in [0.25, 0.3) is 0 Å². The second-order valence-electron chi connectivity index (χ2n) is 4.63. The summed E-state index contributed by atoms with van der Waals surface area (Å²) in [6.45, 7) is 3.74. The van der Waals surface area contributed by atoms with Gasteiger partial charge in [0.1, 0.15) is 0 Å². The van der Waals surface area contributed by atoms with E-state index in [1.807, 2.05) is 29.1 Å². The van der Waals surface area contributed by atoms with Crippen molar-refractivity contribution >= 4 is 11.3 Å². The van der Waals surface area contributed by atoms with Crippen molar-refractivity contribution in [3.63, 3.8) is 0 Å². The molecular weight excluding hydrogens is 272 g/mol. The number of aromatic nitrogens is 3. The molecule has 3 aromatic rings. The predicted octanol–water partition coefficient (Wildman–Crippen LogP) is 2.78. The third kappa shape index (κ3) is 3.15. The summed E-state index contributed by atoms with van der Waals surface area (Å²) in [7, 11) is 0. The van der Waals surface area contributed by atoms with Crippen LogP contribution >= 0.6 is 11.3 Å². The van der Waals surface area contributed by atoms with Gasteiger partial charge in [-0.1, -0.05) is 0 Å². The van der Waals surface area contributed by atoms with E-state index in [1.165, 1.54) is 0 Å². The van der Waals surface area contributed by atoms with E-state index in [2.05, 4.69) is 27.7 Å². The fraction of sp³-hybridized carbons (Fsp3) is 0.286. The second-order valence-corrected chi connectivity index (χ2v) is 5.49. The van der Waals surface area contributed by atoms with E-state index in [1.54, 1.807) is 23.8 Å². The first-order valence-electron chi connectivity index (χ1n) is 6.50. The average molecular weight is 288 g/mol. The smallest absolute Gasteiger partial charge is 0.162 e. The molecule has 3 aromatic heterocycles. The molecule has 0 saturated carbocycles. The third-order valence-electron chi connectivity index (χ3n) is 2.94. The minimum atomic E-state index is 0.337. The molecule has 0 fully saturated rings. The number of thiazole rings is 1. The Hall–Kier alpha value is -1.92. The lowest BCUT2D eigenvalue weighted by molar-refractivity contribution is 0.449. The van der Waals surface area contributed by atoms with Crippen molar-refractivity contribution in [2.75, 3.05) is 0 Å². The molecule has 6 heteroatoms. The van der Waals surface area contributed by atoms with Crippen molar-refractivity contribution in [1.29, 1.82) is 0 Å². The summed E-state index contributed by atoms with van der Waals surface area (Å²) in [6, 6.07) is 6.07. The molecule has 1 atom stereocenters. The van der Waals surface area contributed by atoms with Gasteiger partial charge in [0, 0.05) is 30.4 Å². The normalized spacial score (nSPS) is 12.7. The van der Waals surface area contributed by atoms with Crippen molar-refractivity contribution < 1.29 is 4.42 Å². The monoisotopic (exact) mass is 288 g/mol. The SMILES string of the molecule is C[C@H](Cn1cccn1)NCc1csc(-c2ccco2)n1. The second kappa shape index (κ2) is 6.02. The molecule has 0 radical (unpaired) electrons. The first kappa shape index (κ1) is 13.1. The van der Waals surface area contributed by atoms with E-state index in [-0.39, 0.29) is 0 Å². The fourth-order valence-electron chi connectivity index (χ4n) is 1.93. The molecule has 5 nitrogen and oxygen atoms in total.